The number of hydrogen-bond acceptors (Lipinski definition) is 12. The molecule has 8 atom stereocenters. The minimum Gasteiger partial charge on any atom is -0.508 e. The molecule has 0 aromatic heterocycles. The Hall–Kier alpha value is -5.94. The SMILES string of the molecule is COCCCC1Oc2c3cc(c4cc(O)ccc24)OCC#CC2C=CCNC2C(CCO)OC3C1C1COc2c(Cc3cc(O)ccc3-c3cccc(O)c3)cc(OC3CCCC3)cc2C1O. The second kappa shape index (κ2) is 19.7. The number of fused-ring (bicyclic) bond motifs is 6. The van der Waals surface area contributed by atoms with E-state index in [1.54, 1.807) is 49.6 Å². The summed E-state index contributed by atoms with van der Waals surface area (Å²) in [6.45, 7) is 1.24. The van der Waals surface area contributed by atoms with Gasteiger partial charge in [0.2, 0.25) is 0 Å². The molecule has 350 valence electrons. The Kier molecular flexibility index (Phi) is 13.2. The molecule has 67 heavy (non-hydrogen) atoms. The van der Waals surface area contributed by atoms with E-state index in [1.165, 1.54) is 0 Å². The van der Waals surface area contributed by atoms with E-state index >= 15 is 0 Å². The average molecular weight is 910 g/mol. The lowest BCUT2D eigenvalue weighted by Gasteiger charge is -2.48. The summed E-state index contributed by atoms with van der Waals surface area (Å²) < 4.78 is 40.4. The van der Waals surface area contributed by atoms with Gasteiger partial charge in [0.15, 0.2) is 0 Å². The van der Waals surface area contributed by atoms with Crippen LogP contribution in [0.25, 0.3) is 21.9 Å². The van der Waals surface area contributed by atoms with Gasteiger partial charge in [0, 0.05) is 72.6 Å². The van der Waals surface area contributed by atoms with E-state index in [4.69, 9.17) is 28.4 Å². The highest BCUT2D eigenvalue weighted by molar-refractivity contribution is 5.96. The number of hydrogen-bond donors (Lipinski definition) is 6. The van der Waals surface area contributed by atoms with Gasteiger partial charge >= 0.3 is 0 Å². The number of aliphatic hydroxyl groups excluding tert-OH is 2. The first-order valence-corrected chi connectivity index (χ1v) is 23.7. The smallest absolute Gasteiger partial charge is 0.149 e. The lowest BCUT2D eigenvalue weighted by molar-refractivity contribution is -0.143. The molecule has 4 aliphatic heterocycles. The summed E-state index contributed by atoms with van der Waals surface area (Å²) >= 11 is 0. The van der Waals surface area contributed by atoms with Crippen molar-refractivity contribution in [2.45, 2.75) is 87.9 Å². The van der Waals surface area contributed by atoms with Crippen molar-refractivity contribution in [1.29, 1.82) is 0 Å². The van der Waals surface area contributed by atoms with Gasteiger partial charge in [0.25, 0.3) is 0 Å². The molecule has 1 saturated carbocycles. The molecule has 10 rings (SSSR count). The van der Waals surface area contributed by atoms with Crippen LogP contribution in [-0.2, 0) is 15.9 Å². The summed E-state index contributed by atoms with van der Waals surface area (Å²) in [6.07, 6.45) is 7.41. The largest absolute Gasteiger partial charge is 0.508 e. The highest BCUT2D eigenvalue weighted by atomic mass is 16.5. The maximum Gasteiger partial charge on any atom is 0.149 e. The number of phenolic OH excluding ortho intramolecular Hbond substituents is 3. The molecular weight excluding hydrogens is 851 g/mol. The van der Waals surface area contributed by atoms with E-state index in [1.807, 2.05) is 36.4 Å². The normalized spacial score (nSPS) is 25.5. The van der Waals surface area contributed by atoms with Gasteiger partial charge in [-0.05, 0) is 122 Å². The number of ether oxygens (including phenoxy) is 6. The molecule has 5 aromatic carbocycles. The van der Waals surface area contributed by atoms with E-state index in [0.29, 0.717) is 72.8 Å². The van der Waals surface area contributed by atoms with Gasteiger partial charge in [-0.15, -0.1) is 0 Å². The van der Waals surface area contributed by atoms with E-state index in [2.05, 4.69) is 29.3 Å². The fourth-order valence-corrected chi connectivity index (χ4v) is 11.1. The minimum atomic E-state index is -1.06. The number of nitrogens with one attached hydrogen (secondary N) is 1. The zero-order chi connectivity index (χ0) is 46.0. The summed E-state index contributed by atoms with van der Waals surface area (Å²) in [5, 5.41) is 60.7. The number of phenols is 3. The van der Waals surface area contributed by atoms with Gasteiger partial charge in [0.05, 0.1) is 43.0 Å². The molecule has 5 aliphatic rings. The van der Waals surface area contributed by atoms with Crippen LogP contribution in [0.4, 0.5) is 0 Å². The fourth-order valence-electron chi connectivity index (χ4n) is 11.1. The number of rotatable bonds is 12. The number of aromatic hydroxyl groups is 3. The fraction of sp³-hybridized carbons (Fsp3) is 0.418. The zero-order valence-electron chi connectivity index (χ0n) is 37.7. The Labute approximate surface area is 391 Å². The van der Waals surface area contributed by atoms with Gasteiger partial charge < -0.3 is 59.3 Å². The van der Waals surface area contributed by atoms with Crippen LogP contribution >= 0.6 is 0 Å². The first-order chi connectivity index (χ1) is 32.8. The van der Waals surface area contributed by atoms with Crippen molar-refractivity contribution >= 4 is 10.8 Å². The van der Waals surface area contributed by atoms with Crippen LogP contribution < -0.4 is 24.3 Å². The molecule has 1 aliphatic carbocycles. The summed E-state index contributed by atoms with van der Waals surface area (Å²) in [5.41, 5.74) is 4.58. The van der Waals surface area contributed by atoms with Gasteiger partial charge in [-0.2, -0.15) is 0 Å². The van der Waals surface area contributed by atoms with Crippen molar-refractivity contribution in [3.63, 3.8) is 0 Å². The molecule has 0 amide bonds. The summed E-state index contributed by atoms with van der Waals surface area (Å²) in [5.74, 6) is 7.97. The third-order valence-corrected chi connectivity index (χ3v) is 14.2. The molecule has 12 heteroatoms. The monoisotopic (exact) mass is 909 g/mol. The number of methoxy groups -OCH3 is 1. The van der Waals surface area contributed by atoms with Crippen molar-refractivity contribution in [2.24, 2.45) is 17.8 Å². The van der Waals surface area contributed by atoms with E-state index < -0.39 is 36.3 Å². The van der Waals surface area contributed by atoms with Crippen molar-refractivity contribution in [1.82, 2.24) is 5.32 Å². The molecule has 8 unspecified atom stereocenters. The number of aliphatic hydroxyl groups is 2. The molecule has 0 radical (unpaired) electrons. The van der Waals surface area contributed by atoms with Crippen molar-refractivity contribution < 1.29 is 54.0 Å². The van der Waals surface area contributed by atoms with E-state index in [9.17, 15) is 25.5 Å². The summed E-state index contributed by atoms with van der Waals surface area (Å²) in [6, 6.07) is 23.0. The minimum absolute atomic E-state index is 0.0402. The lowest BCUT2D eigenvalue weighted by atomic mass is 9.72. The van der Waals surface area contributed by atoms with Crippen molar-refractivity contribution in [2.75, 3.05) is 40.1 Å². The van der Waals surface area contributed by atoms with Crippen LogP contribution in [-0.4, -0.2) is 90.0 Å². The molecule has 0 saturated heterocycles. The molecule has 12 nitrogen and oxygen atoms in total. The molecule has 1 fully saturated rings. The molecule has 4 heterocycles. The quantitative estimate of drug-likeness (QED) is 0.0402. The first kappa shape index (κ1) is 44.9. The van der Waals surface area contributed by atoms with Crippen LogP contribution in [0, 0.1) is 29.6 Å². The van der Waals surface area contributed by atoms with Gasteiger partial charge in [-0.25, -0.2) is 0 Å². The maximum absolute atomic E-state index is 13.1. The Morgan fingerprint density at radius 3 is 2.49 bits per heavy atom. The van der Waals surface area contributed by atoms with Crippen LogP contribution in [0.5, 0.6) is 40.2 Å². The predicted octanol–water partition coefficient (Wildman–Crippen LogP) is 8.43. The van der Waals surface area contributed by atoms with E-state index in [-0.39, 0.29) is 55.1 Å². The Balaban J connectivity index is 1.11. The third-order valence-electron chi connectivity index (χ3n) is 14.2. The molecule has 2 bridgehead atoms. The summed E-state index contributed by atoms with van der Waals surface area (Å²) in [4.78, 5) is 0. The Morgan fingerprint density at radius 2 is 1.66 bits per heavy atom. The Bertz CT molecular complexity index is 2680. The van der Waals surface area contributed by atoms with Crippen LogP contribution in [0.3, 0.4) is 0 Å². The Morgan fingerprint density at radius 1 is 0.821 bits per heavy atom. The first-order valence-electron chi connectivity index (χ1n) is 23.7. The van der Waals surface area contributed by atoms with Crippen molar-refractivity contribution in [3.8, 4) is 63.2 Å². The zero-order valence-corrected chi connectivity index (χ0v) is 37.7. The van der Waals surface area contributed by atoms with Crippen molar-refractivity contribution in [3.05, 3.63) is 113 Å². The molecule has 0 spiro atoms. The van der Waals surface area contributed by atoms with E-state index in [0.717, 1.165) is 58.9 Å². The highest BCUT2D eigenvalue weighted by Gasteiger charge is 2.50. The standard InChI is InChI=1S/C55H59NO11/c1-62-22-7-14-47-50(55-45-30-49(43-28-38(60)16-18-42(43)54(45)66-47)63-23-6-10-32-9-5-20-56-51(32)48(67-55)19-21-57)46-31-64-53-35(27-40(29-44(53)52(46)61)65-39-12-2-3-13-39)24-34-26-37(59)15-17-41(34)33-8-4-11-36(58)25-33/h4-5,8-9,11,15-18,25-30,32,39,46-48,50-52,55-61H,2-3,7,12-14,19-24,31H2,1H3. The van der Waals surface area contributed by atoms with Gasteiger partial charge in [-0.1, -0.05) is 42.2 Å². The molecule has 5 aromatic rings. The van der Waals surface area contributed by atoms with Gasteiger partial charge in [-0.3, -0.25) is 0 Å². The van der Waals surface area contributed by atoms with Crippen LogP contribution in [0.1, 0.15) is 79.4 Å². The predicted molar refractivity (Wildman–Crippen MR) is 253 cm³/mol. The highest BCUT2D eigenvalue weighted by Crippen LogP contribution is 2.55. The summed E-state index contributed by atoms with van der Waals surface area (Å²) in [7, 11) is 1.68. The second-order valence-corrected chi connectivity index (χ2v) is 18.5. The van der Waals surface area contributed by atoms with Crippen LogP contribution in [0.2, 0.25) is 0 Å². The third kappa shape index (κ3) is 9.24. The lowest BCUT2D eigenvalue weighted by Crippen LogP contribution is -2.52. The van der Waals surface area contributed by atoms with Crippen LogP contribution in [0.15, 0.2) is 91.0 Å². The topological polar surface area (TPSA) is 169 Å². The maximum atomic E-state index is 13.1. The molecular formula is C55H59NO11. The van der Waals surface area contributed by atoms with Gasteiger partial charge in [0.1, 0.15) is 53.0 Å². The second-order valence-electron chi connectivity index (χ2n) is 18.5. The number of benzene rings is 5. The molecule has 6 N–H and O–H groups in total. The average Bonchev–Trinajstić information content (AvgIpc) is 3.84.